The van der Waals surface area contributed by atoms with Crippen LogP contribution in [-0.4, -0.2) is 12.6 Å². The van der Waals surface area contributed by atoms with Gasteiger partial charge < -0.3 is 4.74 Å². The van der Waals surface area contributed by atoms with Crippen LogP contribution in [0.2, 0.25) is 0 Å². The molecule has 0 aliphatic carbocycles. The number of ether oxygens (including phenoxy) is 1. The molecule has 88 valence electrons. The molecule has 0 spiro atoms. The van der Waals surface area contributed by atoms with Gasteiger partial charge in [0.25, 0.3) is 0 Å². The third kappa shape index (κ3) is 7.18. The van der Waals surface area contributed by atoms with Gasteiger partial charge in [-0.15, -0.1) is 0 Å². The van der Waals surface area contributed by atoms with Crippen LogP contribution in [0.25, 0.3) is 0 Å². The normalized spacial score (nSPS) is 12.2. The van der Waals surface area contributed by atoms with E-state index in [9.17, 15) is 4.79 Å². The summed E-state index contributed by atoms with van der Waals surface area (Å²) in [6.45, 7) is 10.5. The lowest BCUT2D eigenvalue weighted by atomic mass is 10.0. The molecule has 0 radical (unpaired) electrons. The van der Waals surface area contributed by atoms with Crippen LogP contribution < -0.4 is 0 Å². The predicted octanol–water partition coefficient (Wildman–Crippen LogP) is 3.71. The van der Waals surface area contributed by atoms with E-state index in [4.69, 9.17) is 4.74 Å². The number of hydrogen-bond acceptors (Lipinski definition) is 2. The van der Waals surface area contributed by atoms with Crippen LogP contribution in [0.15, 0.2) is 12.2 Å². The molecule has 0 bridgehead atoms. The van der Waals surface area contributed by atoms with Crippen molar-refractivity contribution in [3.8, 4) is 0 Å². The van der Waals surface area contributed by atoms with Crippen LogP contribution in [0, 0.1) is 5.92 Å². The summed E-state index contributed by atoms with van der Waals surface area (Å²) in [6.07, 6.45) is 5.35. The standard InChI is InChI=1S/C13H24O2/c1-5-7-8-11(3)9-10-15-13(14)12(4)6-2/h11H,4-10H2,1-3H3. The Morgan fingerprint density at radius 1 is 1.33 bits per heavy atom. The minimum Gasteiger partial charge on any atom is -0.462 e. The molecule has 0 saturated carbocycles. The summed E-state index contributed by atoms with van der Waals surface area (Å²) in [5.74, 6) is 0.410. The fraction of sp³-hybridized carbons (Fsp3) is 0.769. The van der Waals surface area contributed by atoms with Gasteiger partial charge in [-0.05, 0) is 18.8 Å². The van der Waals surface area contributed by atoms with Gasteiger partial charge in [-0.3, -0.25) is 0 Å². The van der Waals surface area contributed by atoms with Gasteiger partial charge in [0.05, 0.1) is 6.61 Å². The highest BCUT2D eigenvalue weighted by Crippen LogP contribution is 2.12. The van der Waals surface area contributed by atoms with Crippen molar-refractivity contribution in [3.05, 3.63) is 12.2 Å². The second kappa shape index (κ2) is 8.51. The fourth-order valence-corrected chi connectivity index (χ4v) is 1.30. The number of rotatable bonds is 8. The van der Waals surface area contributed by atoms with Gasteiger partial charge in [0, 0.05) is 5.57 Å². The van der Waals surface area contributed by atoms with E-state index in [1.54, 1.807) is 0 Å². The number of carbonyl (C=O) groups excluding carboxylic acids is 1. The monoisotopic (exact) mass is 212 g/mol. The number of unbranched alkanes of at least 4 members (excludes halogenated alkanes) is 1. The summed E-state index contributed by atoms with van der Waals surface area (Å²) in [7, 11) is 0. The average molecular weight is 212 g/mol. The van der Waals surface area contributed by atoms with Gasteiger partial charge in [0.2, 0.25) is 0 Å². The molecule has 0 aliphatic heterocycles. The molecule has 1 atom stereocenters. The van der Waals surface area contributed by atoms with Crippen LogP contribution in [-0.2, 0) is 9.53 Å². The Labute approximate surface area is 93.7 Å². The molecule has 0 amide bonds. The molecule has 0 aromatic carbocycles. The van der Waals surface area contributed by atoms with E-state index in [0.29, 0.717) is 24.5 Å². The molecule has 0 N–H and O–H groups in total. The van der Waals surface area contributed by atoms with Crippen molar-refractivity contribution in [1.29, 1.82) is 0 Å². The molecular weight excluding hydrogens is 188 g/mol. The van der Waals surface area contributed by atoms with E-state index in [1.807, 2.05) is 6.92 Å². The molecule has 0 aromatic rings. The Morgan fingerprint density at radius 3 is 2.53 bits per heavy atom. The van der Waals surface area contributed by atoms with Gasteiger partial charge in [-0.2, -0.15) is 0 Å². The van der Waals surface area contributed by atoms with E-state index in [-0.39, 0.29) is 5.97 Å². The summed E-state index contributed by atoms with van der Waals surface area (Å²) >= 11 is 0. The molecule has 0 aliphatic rings. The van der Waals surface area contributed by atoms with Gasteiger partial charge >= 0.3 is 5.97 Å². The van der Waals surface area contributed by atoms with Crippen molar-refractivity contribution in [3.63, 3.8) is 0 Å². The van der Waals surface area contributed by atoms with E-state index < -0.39 is 0 Å². The molecule has 0 saturated heterocycles. The smallest absolute Gasteiger partial charge is 0.333 e. The zero-order chi connectivity index (χ0) is 11.7. The quantitative estimate of drug-likeness (QED) is 0.453. The first kappa shape index (κ1) is 14.2. The van der Waals surface area contributed by atoms with Crippen molar-refractivity contribution < 1.29 is 9.53 Å². The topological polar surface area (TPSA) is 26.3 Å². The average Bonchev–Trinajstić information content (AvgIpc) is 2.24. The van der Waals surface area contributed by atoms with Crippen LogP contribution >= 0.6 is 0 Å². The van der Waals surface area contributed by atoms with Crippen molar-refractivity contribution in [2.75, 3.05) is 6.61 Å². The second-order valence-electron chi connectivity index (χ2n) is 4.13. The lowest BCUT2D eigenvalue weighted by Crippen LogP contribution is -2.10. The van der Waals surface area contributed by atoms with Crippen molar-refractivity contribution in [2.24, 2.45) is 5.92 Å². The Bertz CT molecular complexity index is 197. The SMILES string of the molecule is C=C(CC)C(=O)OCCC(C)CCCC. The highest BCUT2D eigenvalue weighted by Gasteiger charge is 2.07. The van der Waals surface area contributed by atoms with E-state index in [0.717, 1.165) is 6.42 Å². The first-order valence-electron chi connectivity index (χ1n) is 5.96. The maximum Gasteiger partial charge on any atom is 0.333 e. The van der Waals surface area contributed by atoms with Crippen LogP contribution in [0.1, 0.15) is 52.9 Å². The number of carbonyl (C=O) groups is 1. The van der Waals surface area contributed by atoms with E-state index in [2.05, 4.69) is 20.4 Å². The summed E-state index contributed by atoms with van der Waals surface area (Å²) in [5.41, 5.74) is 0.566. The van der Waals surface area contributed by atoms with Crippen LogP contribution in [0.5, 0.6) is 0 Å². The minimum atomic E-state index is -0.236. The highest BCUT2D eigenvalue weighted by atomic mass is 16.5. The highest BCUT2D eigenvalue weighted by molar-refractivity contribution is 5.87. The van der Waals surface area contributed by atoms with Crippen LogP contribution in [0.3, 0.4) is 0 Å². The maximum atomic E-state index is 11.2. The maximum absolute atomic E-state index is 11.2. The third-order valence-corrected chi connectivity index (χ3v) is 2.61. The number of hydrogen-bond donors (Lipinski definition) is 0. The minimum absolute atomic E-state index is 0.236. The molecule has 1 unspecified atom stereocenters. The van der Waals surface area contributed by atoms with E-state index in [1.165, 1.54) is 19.3 Å². The van der Waals surface area contributed by atoms with Crippen molar-refractivity contribution in [1.82, 2.24) is 0 Å². The Kier molecular flexibility index (Phi) is 8.06. The Hall–Kier alpha value is -0.790. The predicted molar refractivity (Wildman–Crippen MR) is 63.7 cm³/mol. The summed E-state index contributed by atoms with van der Waals surface area (Å²) in [4.78, 5) is 11.2. The van der Waals surface area contributed by atoms with Gasteiger partial charge in [-0.1, -0.05) is 46.6 Å². The van der Waals surface area contributed by atoms with Crippen molar-refractivity contribution in [2.45, 2.75) is 52.9 Å². The first-order chi connectivity index (χ1) is 7.11. The molecule has 0 fully saturated rings. The zero-order valence-electron chi connectivity index (χ0n) is 10.3. The Morgan fingerprint density at radius 2 is 2.00 bits per heavy atom. The van der Waals surface area contributed by atoms with Crippen molar-refractivity contribution >= 4 is 5.97 Å². The molecule has 2 heteroatoms. The summed E-state index contributed by atoms with van der Waals surface area (Å²) in [5, 5.41) is 0. The fourth-order valence-electron chi connectivity index (χ4n) is 1.30. The molecule has 0 aromatic heterocycles. The summed E-state index contributed by atoms with van der Waals surface area (Å²) < 4.78 is 5.11. The molecule has 0 heterocycles. The lowest BCUT2D eigenvalue weighted by molar-refractivity contribution is -0.139. The zero-order valence-corrected chi connectivity index (χ0v) is 10.3. The van der Waals surface area contributed by atoms with E-state index >= 15 is 0 Å². The van der Waals surface area contributed by atoms with Gasteiger partial charge in [0.15, 0.2) is 0 Å². The lowest BCUT2D eigenvalue weighted by Gasteiger charge is -2.11. The molecule has 15 heavy (non-hydrogen) atoms. The molecular formula is C13H24O2. The van der Waals surface area contributed by atoms with Crippen LogP contribution in [0.4, 0.5) is 0 Å². The van der Waals surface area contributed by atoms with Gasteiger partial charge in [-0.25, -0.2) is 4.79 Å². The molecule has 0 rings (SSSR count). The summed E-state index contributed by atoms with van der Waals surface area (Å²) in [6, 6.07) is 0. The largest absolute Gasteiger partial charge is 0.462 e. The first-order valence-corrected chi connectivity index (χ1v) is 5.96. The number of esters is 1. The third-order valence-electron chi connectivity index (χ3n) is 2.61. The second-order valence-corrected chi connectivity index (χ2v) is 4.13. The molecule has 2 nitrogen and oxygen atoms in total. The van der Waals surface area contributed by atoms with Gasteiger partial charge in [0.1, 0.15) is 0 Å². The Balaban J connectivity index is 3.52.